The van der Waals surface area contributed by atoms with E-state index < -0.39 is 0 Å². The van der Waals surface area contributed by atoms with Crippen molar-refractivity contribution in [2.24, 2.45) is 5.92 Å². The quantitative estimate of drug-likeness (QED) is 0.862. The Hall–Kier alpha value is -1.43. The van der Waals surface area contributed by atoms with Crippen molar-refractivity contribution in [3.63, 3.8) is 0 Å². The number of anilines is 1. The largest absolute Gasteiger partial charge is 0.379 e. The van der Waals surface area contributed by atoms with Crippen LogP contribution in [0.1, 0.15) is 36.5 Å². The second-order valence-corrected chi connectivity index (χ2v) is 8.33. The third-order valence-corrected chi connectivity index (χ3v) is 6.12. The molecule has 0 spiro atoms. The van der Waals surface area contributed by atoms with Gasteiger partial charge in [0.25, 0.3) is 0 Å². The molecule has 0 aromatic heterocycles. The number of carbonyl (C=O) groups is 1. The summed E-state index contributed by atoms with van der Waals surface area (Å²) in [6, 6.07) is 4.17. The summed E-state index contributed by atoms with van der Waals surface area (Å²) in [7, 11) is 0. The molecule has 0 radical (unpaired) electrons. The van der Waals surface area contributed by atoms with Crippen LogP contribution in [0.25, 0.3) is 0 Å². The number of nitrogens with one attached hydrogen (secondary N) is 1. The van der Waals surface area contributed by atoms with Gasteiger partial charge in [-0.1, -0.05) is 17.7 Å². The molecule has 3 rings (SSSR count). The molecule has 1 amide bonds. The Balaban J connectivity index is 1.50. The lowest BCUT2D eigenvalue weighted by molar-refractivity contribution is -0.121. The van der Waals surface area contributed by atoms with Crippen molar-refractivity contribution in [3.8, 4) is 0 Å². The summed E-state index contributed by atoms with van der Waals surface area (Å²) >= 11 is 0. The summed E-state index contributed by atoms with van der Waals surface area (Å²) in [4.78, 5) is 17.7. The average molecular weight is 374 g/mol. The van der Waals surface area contributed by atoms with Gasteiger partial charge >= 0.3 is 0 Å². The first kappa shape index (κ1) is 20.3. The standard InChI is InChI=1S/C22H35N3O2/c1-16-13-17(2)21(18(3)14-16)23-22(26)19(4)25-7-5-20(6-8-25)15-24-9-11-27-12-10-24/h13-14,19-20H,5-12,15H2,1-4H3,(H,23,26). The highest BCUT2D eigenvalue weighted by Crippen LogP contribution is 2.24. The van der Waals surface area contributed by atoms with Crippen molar-refractivity contribution >= 4 is 11.6 Å². The molecule has 0 aliphatic carbocycles. The lowest BCUT2D eigenvalue weighted by Crippen LogP contribution is -2.48. The number of morpholine rings is 1. The second-order valence-electron chi connectivity index (χ2n) is 8.33. The maximum absolute atomic E-state index is 12.8. The van der Waals surface area contributed by atoms with Crippen molar-refractivity contribution < 1.29 is 9.53 Å². The van der Waals surface area contributed by atoms with Gasteiger partial charge in [0.1, 0.15) is 0 Å². The minimum Gasteiger partial charge on any atom is -0.379 e. The molecule has 2 aliphatic rings. The highest BCUT2D eigenvalue weighted by atomic mass is 16.5. The van der Waals surface area contributed by atoms with E-state index in [2.05, 4.69) is 48.0 Å². The number of rotatable bonds is 5. The van der Waals surface area contributed by atoms with Crippen molar-refractivity contribution in [2.75, 3.05) is 51.3 Å². The molecular formula is C22H35N3O2. The molecule has 1 atom stereocenters. The van der Waals surface area contributed by atoms with Crippen LogP contribution in [0, 0.1) is 26.7 Å². The van der Waals surface area contributed by atoms with Crippen LogP contribution in [-0.2, 0) is 9.53 Å². The van der Waals surface area contributed by atoms with Crippen LogP contribution < -0.4 is 5.32 Å². The van der Waals surface area contributed by atoms with Crippen molar-refractivity contribution in [1.29, 1.82) is 0 Å². The first-order valence-corrected chi connectivity index (χ1v) is 10.4. The van der Waals surface area contributed by atoms with E-state index >= 15 is 0 Å². The number of piperidine rings is 1. The number of nitrogens with zero attached hydrogens (tertiary/aromatic N) is 2. The van der Waals surface area contributed by atoms with Gasteiger partial charge in [-0.05, 0) is 70.7 Å². The SMILES string of the molecule is Cc1cc(C)c(NC(=O)C(C)N2CCC(CN3CCOCC3)CC2)c(C)c1. The average Bonchev–Trinajstić information content (AvgIpc) is 2.65. The van der Waals surface area contributed by atoms with Crippen molar-refractivity contribution in [3.05, 3.63) is 28.8 Å². The number of carbonyl (C=O) groups excluding carboxylic acids is 1. The molecule has 27 heavy (non-hydrogen) atoms. The highest BCUT2D eigenvalue weighted by Gasteiger charge is 2.28. The lowest BCUT2D eigenvalue weighted by atomic mass is 9.95. The van der Waals surface area contributed by atoms with Gasteiger partial charge in [0, 0.05) is 25.3 Å². The molecule has 1 aromatic rings. The molecule has 0 saturated carbocycles. The van der Waals surface area contributed by atoms with E-state index in [0.717, 1.165) is 62.1 Å². The molecule has 2 heterocycles. The molecule has 5 nitrogen and oxygen atoms in total. The molecule has 5 heteroatoms. The first-order valence-electron chi connectivity index (χ1n) is 10.4. The third kappa shape index (κ3) is 5.31. The Kier molecular flexibility index (Phi) is 6.90. The van der Waals surface area contributed by atoms with E-state index in [1.807, 2.05) is 6.92 Å². The van der Waals surface area contributed by atoms with E-state index in [-0.39, 0.29) is 11.9 Å². The molecule has 150 valence electrons. The molecule has 2 saturated heterocycles. The molecule has 1 aromatic carbocycles. The van der Waals surface area contributed by atoms with E-state index in [4.69, 9.17) is 4.74 Å². The van der Waals surface area contributed by atoms with E-state index in [9.17, 15) is 4.79 Å². The number of ether oxygens (including phenoxy) is 1. The molecule has 2 aliphatic heterocycles. The van der Waals surface area contributed by atoms with Crippen LogP contribution in [0.2, 0.25) is 0 Å². The predicted molar refractivity (Wildman–Crippen MR) is 110 cm³/mol. The van der Waals surface area contributed by atoms with Crippen LogP contribution in [0.15, 0.2) is 12.1 Å². The van der Waals surface area contributed by atoms with E-state index in [1.54, 1.807) is 0 Å². The van der Waals surface area contributed by atoms with Crippen LogP contribution in [0.4, 0.5) is 5.69 Å². The zero-order valence-corrected chi connectivity index (χ0v) is 17.4. The van der Waals surface area contributed by atoms with Gasteiger partial charge in [-0.3, -0.25) is 14.6 Å². The number of hydrogen-bond donors (Lipinski definition) is 1. The zero-order valence-electron chi connectivity index (χ0n) is 17.4. The Labute approximate surface area is 164 Å². The normalized spacial score (nSPS) is 21.2. The van der Waals surface area contributed by atoms with Crippen molar-refractivity contribution in [1.82, 2.24) is 9.80 Å². The fourth-order valence-corrected chi connectivity index (χ4v) is 4.44. The maximum Gasteiger partial charge on any atom is 0.241 e. The van der Waals surface area contributed by atoms with E-state index in [0.29, 0.717) is 0 Å². The fraction of sp³-hybridized carbons (Fsp3) is 0.682. The monoisotopic (exact) mass is 373 g/mol. The predicted octanol–water partition coefficient (Wildman–Crippen LogP) is 2.98. The van der Waals surface area contributed by atoms with Crippen LogP contribution in [-0.4, -0.2) is 67.7 Å². The van der Waals surface area contributed by atoms with Gasteiger partial charge in [-0.2, -0.15) is 0 Å². The Morgan fingerprint density at radius 2 is 1.70 bits per heavy atom. The van der Waals surface area contributed by atoms with Gasteiger partial charge in [0.05, 0.1) is 19.3 Å². The number of aryl methyl sites for hydroxylation is 3. The van der Waals surface area contributed by atoms with Crippen LogP contribution in [0.5, 0.6) is 0 Å². The highest BCUT2D eigenvalue weighted by molar-refractivity contribution is 5.96. The van der Waals surface area contributed by atoms with Crippen LogP contribution in [0.3, 0.4) is 0 Å². The van der Waals surface area contributed by atoms with Crippen LogP contribution >= 0.6 is 0 Å². The van der Waals surface area contributed by atoms with Gasteiger partial charge in [-0.15, -0.1) is 0 Å². The Bertz CT molecular complexity index is 624. The smallest absolute Gasteiger partial charge is 0.241 e. The summed E-state index contributed by atoms with van der Waals surface area (Å²) in [5.41, 5.74) is 4.48. The summed E-state index contributed by atoms with van der Waals surface area (Å²) in [6.45, 7) is 15.3. The molecule has 1 N–H and O–H groups in total. The minimum atomic E-state index is -0.0885. The van der Waals surface area contributed by atoms with Gasteiger partial charge < -0.3 is 10.1 Å². The first-order chi connectivity index (χ1) is 12.9. The number of likely N-dealkylation sites (tertiary alicyclic amines) is 1. The number of benzene rings is 1. The number of amides is 1. The molecular weight excluding hydrogens is 338 g/mol. The molecule has 0 bridgehead atoms. The zero-order chi connectivity index (χ0) is 19.4. The van der Waals surface area contributed by atoms with E-state index in [1.165, 1.54) is 24.9 Å². The summed E-state index contributed by atoms with van der Waals surface area (Å²) in [5, 5.41) is 3.18. The third-order valence-electron chi connectivity index (χ3n) is 6.12. The Morgan fingerprint density at radius 3 is 2.30 bits per heavy atom. The Morgan fingerprint density at radius 1 is 1.11 bits per heavy atom. The molecule has 1 unspecified atom stereocenters. The lowest BCUT2D eigenvalue weighted by Gasteiger charge is -2.38. The number of hydrogen-bond acceptors (Lipinski definition) is 4. The summed E-state index contributed by atoms with van der Waals surface area (Å²) in [5.74, 6) is 0.855. The van der Waals surface area contributed by atoms with Gasteiger partial charge in [-0.25, -0.2) is 0 Å². The van der Waals surface area contributed by atoms with Gasteiger partial charge in [0.2, 0.25) is 5.91 Å². The second kappa shape index (κ2) is 9.18. The maximum atomic E-state index is 12.8. The summed E-state index contributed by atoms with van der Waals surface area (Å²) < 4.78 is 5.44. The molecule has 2 fully saturated rings. The fourth-order valence-electron chi connectivity index (χ4n) is 4.44. The van der Waals surface area contributed by atoms with Crippen molar-refractivity contribution in [2.45, 2.75) is 46.6 Å². The summed E-state index contributed by atoms with van der Waals surface area (Å²) in [6.07, 6.45) is 2.36. The van der Waals surface area contributed by atoms with Gasteiger partial charge in [0.15, 0.2) is 0 Å². The minimum absolute atomic E-state index is 0.0885. The topological polar surface area (TPSA) is 44.8 Å².